The Morgan fingerprint density at radius 1 is 1.38 bits per heavy atom. The molecule has 0 unspecified atom stereocenters. The molecule has 3 nitrogen and oxygen atoms in total. The molecule has 0 aliphatic heterocycles. The topological polar surface area (TPSA) is 46.5 Å². The van der Waals surface area contributed by atoms with Crippen molar-refractivity contribution >= 4 is 11.5 Å². The van der Waals surface area contributed by atoms with Crippen molar-refractivity contribution in [3.63, 3.8) is 0 Å². The molecule has 0 saturated carbocycles. The van der Waals surface area contributed by atoms with Gasteiger partial charge in [-0.15, -0.1) is 0 Å². The molecular weight excluding hydrogens is 211 g/mol. The molecule has 0 aliphatic rings. The van der Waals surface area contributed by atoms with E-state index in [4.69, 9.17) is 9.84 Å². The minimum Gasteiger partial charge on any atom is -0.496 e. The molecule has 1 rings (SSSR count). The molecule has 4 heteroatoms. The third-order valence-corrected chi connectivity index (χ3v) is 2.45. The van der Waals surface area contributed by atoms with E-state index in [-0.39, 0.29) is 11.1 Å². The molecule has 0 aliphatic carbocycles. The number of rotatable bonds is 3. The molecule has 0 bridgehead atoms. The normalized spacial score (nSPS) is 12.0. The lowest BCUT2D eigenvalue weighted by atomic mass is 10.0. The summed E-state index contributed by atoms with van der Waals surface area (Å²) in [7, 11) is 1.42. The van der Waals surface area contributed by atoms with Gasteiger partial charge < -0.3 is 9.84 Å². The first-order chi connectivity index (χ1) is 7.49. The van der Waals surface area contributed by atoms with E-state index < -0.39 is 11.8 Å². The second-order valence-electron chi connectivity index (χ2n) is 3.37. The lowest BCUT2D eigenvalue weighted by Crippen LogP contribution is -2.02. The van der Waals surface area contributed by atoms with E-state index in [0.717, 1.165) is 0 Å². The fraction of sp³-hybridized carbons (Fsp3) is 0.250. The van der Waals surface area contributed by atoms with Gasteiger partial charge in [0.05, 0.1) is 12.7 Å². The monoisotopic (exact) mass is 224 g/mol. The number of carboxylic acid groups (broad SMARTS) is 1. The summed E-state index contributed by atoms with van der Waals surface area (Å²) in [6.07, 6.45) is 0. The minimum atomic E-state index is -1.07. The minimum absolute atomic E-state index is 0.100. The predicted molar refractivity (Wildman–Crippen MR) is 58.9 cm³/mol. The van der Waals surface area contributed by atoms with Crippen LogP contribution < -0.4 is 4.74 Å². The molecule has 1 N–H and O–H groups in total. The van der Waals surface area contributed by atoms with Gasteiger partial charge >= 0.3 is 5.97 Å². The number of hydrogen-bond acceptors (Lipinski definition) is 2. The van der Waals surface area contributed by atoms with Crippen LogP contribution in [0, 0.1) is 5.82 Å². The Hall–Kier alpha value is -1.84. The van der Waals surface area contributed by atoms with E-state index in [1.54, 1.807) is 13.0 Å². The number of carbonyl (C=O) groups is 1. The first-order valence-corrected chi connectivity index (χ1v) is 4.72. The fourth-order valence-corrected chi connectivity index (χ4v) is 1.39. The molecular formula is C12H13FO3. The number of aliphatic carboxylic acids is 1. The Bertz CT molecular complexity index is 450. The van der Waals surface area contributed by atoms with Crippen LogP contribution in [-0.4, -0.2) is 18.2 Å². The van der Waals surface area contributed by atoms with Gasteiger partial charge in [-0.1, -0.05) is 6.07 Å². The van der Waals surface area contributed by atoms with E-state index in [1.165, 1.54) is 26.2 Å². The molecule has 1 aromatic carbocycles. The van der Waals surface area contributed by atoms with E-state index >= 15 is 0 Å². The first kappa shape index (κ1) is 12.2. The number of halogens is 1. The molecule has 0 saturated heterocycles. The van der Waals surface area contributed by atoms with Crippen molar-refractivity contribution in [1.82, 2.24) is 0 Å². The Balaban J connectivity index is 3.43. The number of allylic oxidation sites excluding steroid dienone is 1. The van der Waals surface area contributed by atoms with Crippen LogP contribution in [-0.2, 0) is 4.79 Å². The summed E-state index contributed by atoms with van der Waals surface area (Å²) in [5.41, 5.74) is 0.663. The van der Waals surface area contributed by atoms with Gasteiger partial charge in [0.15, 0.2) is 0 Å². The molecule has 0 spiro atoms. The predicted octanol–water partition coefficient (Wildman–Crippen LogP) is 2.71. The Morgan fingerprint density at radius 2 is 2.00 bits per heavy atom. The van der Waals surface area contributed by atoms with Gasteiger partial charge in [-0.05, 0) is 31.6 Å². The Kier molecular flexibility index (Phi) is 3.66. The van der Waals surface area contributed by atoms with Crippen LogP contribution in [0.3, 0.4) is 0 Å². The smallest absolute Gasteiger partial charge is 0.331 e. The van der Waals surface area contributed by atoms with Crippen LogP contribution in [0.2, 0.25) is 0 Å². The summed E-state index contributed by atoms with van der Waals surface area (Å²) in [6, 6.07) is 4.38. The lowest BCUT2D eigenvalue weighted by molar-refractivity contribution is -0.132. The molecule has 0 atom stereocenters. The molecule has 16 heavy (non-hydrogen) atoms. The number of carboxylic acids is 1. The quantitative estimate of drug-likeness (QED) is 0.803. The maximum absolute atomic E-state index is 13.6. The van der Waals surface area contributed by atoms with Gasteiger partial charge in [-0.2, -0.15) is 0 Å². The van der Waals surface area contributed by atoms with Gasteiger partial charge in [0.2, 0.25) is 0 Å². The standard InChI is InChI=1S/C12H13FO3/c1-7(8(2)12(14)15)11-9(13)5-4-6-10(11)16-3/h4-6H,1-3H3,(H,14,15)/b8-7-. The second-order valence-corrected chi connectivity index (χ2v) is 3.37. The van der Waals surface area contributed by atoms with Crippen LogP contribution in [0.1, 0.15) is 19.4 Å². The fourth-order valence-electron chi connectivity index (χ4n) is 1.39. The average molecular weight is 224 g/mol. The van der Waals surface area contributed by atoms with Crippen molar-refractivity contribution in [2.75, 3.05) is 7.11 Å². The van der Waals surface area contributed by atoms with Gasteiger partial charge in [-0.3, -0.25) is 0 Å². The van der Waals surface area contributed by atoms with E-state index in [1.807, 2.05) is 0 Å². The van der Waals surface area contributed by atoms with E-state index in [0.29, 0.717) is 11.3 Å². The van der Waals surface area contributed by atoms with Crippen molar-refractivity contribution in [3.8, 4) is 5.75 Å². The molecule has 0 aromatic heterocycles. The summed E-state index contributed by atoms with van der Waals surface area (Å²) in [5.74, 6) is -1.22. The van der Waals surface area contributed by atoms with Crippen LogP contribution >= 0.6 is 0 Å². The van der Waals surface area contributed by atoms with E-state index in [2.05, 4.69) is 0 Å². The maximum Gasteiger partial charge on any atom is 0.331 e. The first-order valence-electron chi connectivity index (χ1n) is 4.72. The zero-order valence-corrected chi connectivity index (χ0v) is 9.37. The average Bonchev–Trinajstić information content (AvgIpc) is 2.26. The molecule has 1 aromatic rings. The van der Waals surface area contributed by atoms with Crippen LogP contribution in [0.25, 0.3) is 5.57 Å². The highest BCUT2D eigenvalue weighted by Crippen LogP contribution is 2.30. The van der Waals surface area contributed by atoms with Gasteiger partial charge in [-0.25, -0.2) is 9.18 Å². The van der Waals surface area contributed by atoms with Crippen molar-refractivity contribution in [2.45, 2.75) is 13.8 Å². The van der Waals surface area contributed by atoms with E-state index in [9.17, 15) is 9.18 Å². The number of ether oxygens (including phenoxy) is 1. The van der Waals surface area contributed by atoms with Crippen molar-refractivity contribution < 1.29 is 19.0 Å². The van der Waals surface area contributed by atoms with Crippen molar-refractivity contribution in [2.24, 2.45) is 0 Å². The van der Waals surface area contributed by atoms with Gasteiger partial charge in [0, 0.05) is 5.57 Å². The van der Waals surface area contributed by atoms with Crippen LogP contribution in [0.15, 0.2) is 23.8 Å². The summed E-state index contributed by atoms with van der Waals surface area (Å²) in [5, 5.41) is 8.85. The highest BCUT2D eigenvalue weighted by Gasteiger charge is 2.15. The third kappa shape index (κ3) is 2.21. The summed E-state index contributed by atoms with van der Waals surface area (Å²) in [4.78, 5) is 10.8. The number of methoxy groups -OCH3 is 1. The number of benzene rings is 1. The van der Waals surface area contributed by atoms with Crippen molar-refractivity contribution in [1.29, 1.82) is 0 Å². The summed E-state index contributed by atoms with van der Waals surface area (Å²) < 4.78 is 18.6. The molecule has 0 heterocycles. The highest BCUT2D eigenvalue weighted by molar-refractivity contribution is 5.96. The zero-order chi connectivity index (χ0) is 12.3. The molecule has 0 amide bonds. The van der Waals surface area contributed by atoms with Gasteiger partial charge in [0.25, 0.3) is 0 Å². The largest absolute Gasteiger partial charge is 0.496 e. The molecule has 86 valence electrons. The maximum atomic E-state index is 13.6. The Morgan fingerprint density at radius 3 is 2.50 bits per heavy atom. The number of hydrogen-bond donors (Lipinski definition) is 1. The van der Waals surface area contributed by atoms with Crippen LogP contribution in [0.4, 0.5) is 4.39 Å². The summed E-state index contributed by atoms with van der Waals surface area (Å²) >= 11 is 0. The summed E-state index contributed by atoms with van der Waals surface area (Å²) in [6.45, 7) is 2.99. The lowest BCUT2D eigenvalue weighted by Gasteiger charge is -2.11. The zero-order valence-electron chi connectivity index (χ0n) is 9.37. The highest BCUT2D eigenvalue weighted by atomic mass is 19.1. The van der Waals surface area contributed by atoms with Gasteiger partial charge in [0.1, 0.15) is 11.6 Å². The molecule has 0 fully saturated rings. The third-order valence-electron chi connectivity index (χ3n) is 2.45. The van der Waals surface area contributed by atoms with Crippen LogP contribution in [0.5, 0.6) is 5.75 Å². The molecule has 0 radical (unpaired) electrons. The Labute approximate surface area is 93.2 Å². The second kappa shape index (κ2) is 4.79. The SMILES string of the molecule is COc1cccc(F)c1/C(C)=C(/C)C(=O)O. The van der Waals surface area contributed by atoms with Crippen molar-refractivity contribution in [3.05, 3.63) is 35.2 Å².